The molecule has 0 heterocycles. The summed E-state index contributed by atoms with van der Waals surface area (Å²) in [6, 6.07) is 0. The lowest BCUT2D eigenvalue weighted by Gasteiger charge is -2.18. The number of ether oxygens (including phenoxy) is 3. The van der Waals surface area contributed by atoms with E-state index in [0.29, 0.717) is 19.3 Å². The van der Waals surface area contributed by atoms with E-state index in [-0.39, 0.29) is 31.1 Å². The van der Waals surface area contributed by atoms with Crippen molar-refractivity contribution in [3.05, 3.63) is 72.9 Å². The Hall–Kier alpha value is -3.15. The molecule has 6 heteroatoms. The van der Waals surface area contributed by atoms with Gasteiger partial charge in [0.2, 0.25) is 0 Å². The molecule has 0 aliphatic rings. The Morgan fingerprint density at radius 1 is 0.356 bits per heavy atom. The molecule has 0 spiro atoms. The van der Waals surface area contributed by atoms with Crippen molar-refractivity contribution in [2.75, 3.05) is 13.2 Å². The van der Waals surface area contributed by atoms with E-state index in [0.717, 1.165) is 89.9 Å². The van der Waals surface area contributed by atoms with Gasteiger partial charge in [-0.25, -0.2) is 0 Å². The van der Waals surface area contributed by atoms with Crippen molar-refractivity contribution in [1.29, 1.82) is 0 Å². The summed E-state index contributed by atoms with van der Waals surface area (Å²) >= 11 is 0. The first-order valence-corrected chi connectivity index (χ1v) is 24.5. The highest BCUT2D eigenvalue weighted by Gasteiger charge is 2.19. The van der Waals surface area contributed by atoms with Gasteiger partial charge < -0.3 is 14.2 Å². The smallest absolute Gasteiger partial charge is 0.306 e. The Labute approximate surface area is 363 Å². The van der Waals surface area contributed by atoms with Crippen LogP contribution in [0.15, 0.2) is 72.9 Å². The third-order valence-electron chi connectivity index (χ3n) is 10.3. The van der Waals surface area contributed by atoms with Gasteiger partial charge in [-0.3, -0.25) is 14.4 Å². The molecule has 0 rings (SSSR count). The van der Waals surface area contributed by atoms with Gasteiger partial charge in [0.05, 0.1) is 0 Å². The van der Waals surface area contributed by atoms with Crippen LogP contribution in [0.25, 0.3) is 0 Å². The van der Waals surface area contributed by atoms with E-state index in [1.165, 1.54) is 96.3 Å². The Bertz CT molecular complexity index is 1130. The van der Waals surface area contributed by atoms with Crippen molar-refractivity contribution in [1.82, 2.24) is 0 Å². The fourth-order valence-electron chi connectivity index (χ4n) is 6.54. The minimum atomic E-state index is -0.789. The SMILES string of the molecule is CC\C=C/C=C\C=C/C=C\CCCCCCCC(=O)OCC(COC(=O)CCCCCCC/C=C\CCCC)OC(=O)CCCCCCCCC/C=C\CCCCCC. The molecule has 0 aliphatic carbocycles. The zero-order chi connectivity index (χ0) is 43.0. The van der Waals surface area contributed by atoms with Crippen molar-refractivity contribution in [2.45, 2.75) is 232 Å². The van der Waals surface area contributed by atoms with E-state index >= 15 is 0 Å². The lowest BCUT2D eigenvalue weighted by Crippen LogP contribution is -2.30. The Balaban J connectivity index is 4.43. The van der Waals surface area contributed by atoms with E-state index in [9.17, 15) is 14.4 Å². The Morgan fingerprint density at radius 3 is 1.14 bits per heavy atom. The quantitative estimate of drug-likeness (QED) is 0.0200. The van der Waals surface area contributed by atoms with Gasteiger partial charge in [-0.1, -0.05) is 196 Å². The van der Waals surface area contributed by atoms with Crippen molar-refractivity contribution in [3.8, 4) is 0 Å². The topological polar surface area (TPSA) is 78.9 Å². The summed E-state index contributed by atoms with van der Waals surface area (Å²) in [7, 11) is 0. The van der Waals surface area contributed by atoms with Crippen LogP contribution < -0.4 is 0 Å². The predicted molar refractivity (Wildman–Crippen MR) is 251 cm³/mol. The van der Waals surface area contributed by atoms with E-state index in [2.05, 4.69) is 75.5 Å². The first-order valence-electron chi connectivity index (χ1n) is 24.5. The van der Waals surface area contributed by atoms with Crippen molar-refractivity contribution < 1.29 is 28.6 Å². The summed E-state index contributed by atoms with van der Waals surface area (Å²) in [5.74, 6) is -0.929. The van der Waals surface area contributed by atoms with Crippen LogP contribution in [0, 0.1) is 0 Å². The van der Waals surface area contributed by atoms with E-state index in [4.69, 9.17) is 14.2 Å². The standard InChI is InChI=1S/C53H90O6/c1-4-7-10-13-16-19-22-24-26-28-31-34-37-40-43-46-52(55)58-49-50(48-57-51(54)45-42-39-36-33-30-21-18-15-12-9-6-3)59-53(56)47-44-41-38-35-32-29-27-25-23-20-17-14-11-8-5-2/h7,10,13,15-16,18-20,22-24,26,50H,4-6,8-9,11-12,14,17,21,25,27-49H2,1-3H3/b10-7-,16-13-,18-15-,22-19-,23-20-,26-24-. The Kier molecular flexibility index (Phi) is 45.0. The zero-order valence-electron chi connectivity index (χ0n) is 38.5. The zero-order valence-corrected chi connectivity index (χ0v) is 38.5. The Morgan fingerprint density at radius 2 is 0.695 bits per heavy atom. The molecule has 0 aromatic rings. The van der Waals surface area contributed by atoms with Gasteiger partial charge in [0.25, 0.3) is 0 Å². The molecular weight excluding hydrogens is 733 g/mol. The fraction of sp³-hybridized carbons (Fsp3) is 0.717. The minimum absolute atomic E-state index is 0.0898. The number of hydrogen-bond acceptors (Lipinski definition) is 6. The molecule has 59 heavy (non-hydrogen) atoms. The molecule has 0 saturated heterocycles. The normalized spacial score (nSPS) is 12.7. The molecule has 0 aromatic carbocycles. The molecule has 0 aromatic heterocycles. The number of allylic oxidation sites excluding steroid dienone is 12. The maximum absolute atomic E-state index is 12.8. The van der Waals surface area contributed by atoms with Gasteiger partial charge >= 0.3 is 17.9 Å². The lowest BCUT2D eigenvalue weighted by molar-refractivity contribution is -0.167. The van der Waals surface area contributed by atoms with Crippen LogP contribution in [0.4, 0.5) is 0 Å². The maximum atomic E-state index is 12.8. The van der Waals surface area contributed by atoms with Gasteiger partial charge in [0.1, 0.15) is 13.2 Å². The molecular formula is C53H90O6. The number of carbonyl (C=O) groups is 3. The monoisotopic (exact) mass is 823 g/mol. The second-order valence-corrected chi connectivity index (χ2v) is 16.1. The maximum Gasteiger partial charge on any atom is 0.306 e. The van der Waals surface area contributed by atoms with Crippen LogP contribution in [0.2, 0.25) is 0 Å². The molecule has 0 N–H and O–H groups in total. The second kappa shape index (κ2) is 47.5. The van der Waals surface area contributed by atoms with Gasteiger partial charge in [0, 0.05) is 19.3 Å². The minimum Gasteiger partial charge on any atom is -0.462 e. The van der Waals surface area contributed by atoms with E-state index in [1.807, 2.05) is 18.2 Å². The first kappa shape index (κ1) is 55.9. The van der Waals surface area contributed by atoms with Crippen LogP contribution in [0.5, 0.6) is 0 Å². The van der Waals surface area contributed by atoms with Crippen LogP contribution in [0.1, 0.15) is 226 Å². The molecule has 0 fully saturated rings. The highest BCUT2D eigenvalue weighted by Crippen LogP contribution is 2.14. The molecule has 0 aliphatic heterocycles. The van der Waals surface area contributed by atoms with Crippen molar-refractivity contribution >= 4 is 17.9 Å². The number of rotatable bonds is 43. The van der Waals surface area contributed by atoms with Crippen LogP contribution in [-0.4, -0.2) is 37.2 Å². The molecule has 0 amide bonds. The molecule has 0 saturated carbocycles. The highest BCUT2D eigenvalue weighted by atomic mass is 16.6. The third kappa shape index (κ3) is 45.8. The van der Waals surface area contributed by atoms with Crippen LogP contribution >= 0.6 is 0 Å². The number of unbranched alkanes of at least 4 members (excludes halogenated alkanes) is 23. The molecule has 0 bridgehead atoms. The predicted octanol–water partition coefficient (Wildman–Crippen LogP) is 15.9. The van der Waals surface area contributed by atoms with E-state index < -0.39 is 6.10 Å². The first-order chi connectivity index (χ1) is 29.0. The summed E-state index contributed by atoms with van der Waals surface area (Å²) in [5.41, 5.74) is 0. The fourth-order valence-corrected chi connectivity index (χ4v) is 6.54. The van der Waals surface area contributed by atoms with Crippen LogP contribution in [-0.2, 0) is 28.6 Å². The van der Waals surface area contributed by atoms with E-state index in [1.54, 1.807) is 0 Å². The summed E-state index contributed by atoms with van der Waals surface area (Å²) in [6.45, 7) is 6.41. The molecule has 6 nitrogen and oxygen atoms in total. The number of hydrogen-bond donors (Lipinski definition) is 0. The summed E-state index contributed by atoms with van der Waals surface area (Å²) in [6.07, 6.45) is 58.8. The second-order valence-electron chi connectivity index (χ2n) is 16.1. The molecule has 1 atom stereocenters. The summed E-state index contributed by atoms with van der Waals surface area (Å²) in [4.78, 5) is 37.9. The van der Waals surface area contributed by atoms with Gasteiger partial charge in [-0.2, -0.15) is 0 Å². The lowest BCUT2D eigenvalue weighted by atomic mass is 10.1. The average molecular weight is 823 g/mol. The van der Waals surface area contributed by atoms with Gasteiger partial charge in [-0.05, 0) is 83.5 Å². The average Bonchev–Trinajstić information content (AvgIpc) is 3.23. The molecule has 0 radical (unpaired) electrons. The van der Waals surface area contributed by atoms with Crippen molar-refractivity contribution in [3.63, 3.8) is 0 Å². The molecule has 338 valence electrons. The van der Waals surface area contributed by atoms with Gasteiger partial charge in [0.15, 0.2) is 6.10 Å². The number of carbonyl (C=O) groups excluding carboxylic acids is 3. The summed E-state index contributed by atoms with van der Waals surface area (Å²) < 4.78 is 16.7. The van der Waals surface area contributed by atoms with Crippen LogP contribution in [0.3, 0.4) is 0 Å². The van der Waals surface area contributed by atoms with Gasteiger partial charge in [-0.15, -0.1) is 0 Å². The molecule has 1 unspecified atom stereocenters. The third-order valence-corrected chi connectivity index (χ3v) is 10.3. The summed E-state index contributed by atoms with van der Waals surface area (Å²) in [5, 5.41) is 0. The highest BCUT2D eigenvalue weighted by molar-refractivity contribution is 5.71. The largest absolute Gasteiger partial charge is 0.462 e. The van der Waals surface area contributed by atoms with Crippen molar-refractivity contribution in [2.24, 2.45) is 0 Å². The number of esters is 3.